The number of hydrogen-bond donors (Lipinski definition) is 2. The van der Waals surface area contributed by atoms with Gasteiger partial charge in [-0.1, -0.05) is 26.2 Å². The highest BCUT2D eigenvalue weighted by molar-refractivity contribution is 4.65. The molecule has 0 aromatic rings. The monoisotopic (exact) mass is 190 g/mol. The molecule has 0 aliphatic heterocycles. The number of aliphatic hydroxyl groups is 2. The van der Waals surface area contributed by atoms with Crippen LogP contribution in [0.5, 0.6) is 0 Å². The minimum Gasteiger partial charge on any atom is -0.391 e. The highest BCUT2D eigenvalue weighted by atomic mass is 16.6. The van der Waals surface area contributed by atoms with Gasteiger partial charge in [0.25, 0.3) is 0 Å². The summed E-state index contributed by atoms with van der Waals surface area (Å²) in [4.78, 5) is 0. The molecule has 0 radical (unpaired) electrons. The van der Waals surface area contributed by atoms with Crippen LogP contribution < -0.4 is 0 Å². The summed E-state index contributed by atoms with van der Waals surface area (Å²) in [7, 11) is 0. The Labute approximate surface area is 80.7 Å². The fourth-order valence-corrected chi connectivity index (χ4v) is 1.29. The molecule has 0 amide bonds. The molecule has 0 aromatic heterocycles. The fraction of sp³-hybridized carbons (Fsp3) is 1.00. The van der Waals surface area contributed by atoms with Crippen LogP contribution in [0.1, 0.15) is 46.0 Å². The lowest BCUT2D eigenvalue weighted by Crippen LogP contribution is -2.36. The van der Waals surface area contributed by atoms with Crippen molar-refractivity contribution in [2.45, 2.75) is 51.7 Å². The van der Waals surface area contributed by atoms with E-state index in [1.54, 1.807) is 0 Å². The van der Waals surface area contributed by atoms with Gasteiger partial charge in [-0.15, -0.1) is 0 Å². The van der Waals surface area contributed by atoms with E-state index >= 15 is 0 Å². The molecule has 0 rings (SSSR count). The summed E-state index contributed by atoms with van der Waals surface area (Å²) in [6.45, 7) is 4.07. The first-order valence-electron chi connectivity index (χ1n) is 5.15. The predicted molar refractivity (Wildman–Crippen MR) is 52.4 cm³/mol. The molecule has 1 atom stereocenters. The third-order valence-corrected chi connectivity index (χ3v) is 2.08. The Morgan fingerprint density at radius 2 is 1.85 bits per heavy atom. The van der Waals surface area contributed by atoms with Crippen molar-refractivity contribution in [2.24, 2.45) is 0 Å². The first-order valence-corrected chi connectivity index (χ1v) is 5.15. The summed E-state index contributed by atoms with van der Waals surface area (Å²) < 4.78 is 5.06. The maximum absolute atomic E-state index is 9.65. The standard InChI is InChI=1S/C10H22O3/c1-3-5-6-7-8-10(12,9-11)13-4-2/h11-12H,3-9H2,1-2H3. The van der Waals surface area contributed by atoms with Gasteiger partial charge in [-0.2, -0.15) is 0 Å². The average Bonchev–Trinajstić information content (AvgIpc) is 2.13. The minimum absolute atomic E-state index is 0.313. The second-order valence-electron chi connectivity index (χ2n) is 3.35. The van der Waals surface area contributed by atoms with Gasteiger partial charge in [0.15, 0.2) is 5.79 Å². The van der Waals surface area contributed by atoms with Crippen molar-refractivity contribution < 1.29 is 14.9 Å². The predicted octanol–water partition coefficient (Wildman–Crippen LogP) is 1.67. The van der Waals surface area contributed by atoms with Gasteiger partial charge < -0.3 is 14.9 Å². The highest BCUT2D eigenvalue weighted by Gasteiger charge is 2.25. The molecule has 2 N–H and O–H groups in total. The molecule has 80 valence electrons. The Balaban J connectivity index is 3.57. The normalized spacial score (nSPS) is 15.7. The number of aliphatic hydroxyl groups excluding tert-OH is 1. The van der Waals surface area contributed by atoms with E-state index in [1.807, 2.05) is 6.92 Å². The Bertz CT molecular complexity index is 117. The van der Waals surface area contributed by atoms with Crippen molar-refractivity contribution in [1.29, 1.82) is 0 Å². The van der Waals surface area contributed by atoms with E-state index in [0.717, 1.165) is 12.8 Å². The molecule has 3 heteroatoms. The van der Waals surface area contributed by atoms with E-state index in [4.69, 9.17) is 9.84 Å². The van der Waals surface area contributed by atoms with Crippen molar-refractivity contribution in [1.82, 2.24) is 0 Å². The van der Waals surface area contributed by atoms with E-state index in [-0.39, 0.29) is 6.61 Å². The van der Waals surface area contributed by atoms with Gasteiger partial charge in [-0.25, -0.2) is 0 Å². The van der Waals surface area contributed by atoms with Crippen molar-refractivity contribution in [3.63, 3.8) is 0 Å². The third kappa shape index (κ3) is 6.02. The van der Waals surface area contributed by atoms with Gasteiger partial charge in [0.05, 0.1) is 6.61 Å². The highest BCUT2D eigenvalue weighted by Crippen LogP contribution is 2.16. The number of hydrogen-bond acceptors (Lipinski definition) is 3. The van der Waals surface area contributed by atoms with Crippen molar-refractivity contribution >= 4 is 0 Å². The van der Waals surface area contributed by atoms with Gasteiger partial charge in [0.2, 0.25) is 0 Å². The average molecular weight is 190 g/mol. The lowest BCUT2D eigenvalue weighted by atomic mass is 10.1. The Hall–Kier alpha value is -0.120. The molecule has 0 aliphatic rings. The van der Waals surface area contributed by atoms with Gasteiger partial charge in [-0.3, -0.25) is 0 Å². The minimum atomic E-state index is -1.30. The summed E-state index contributed by atoms with van der Waals surface area (Å²) in [5, 5.41) is 18.5. The Kier molecular flexibility index (Phi) is 7.23. The Morgan fingerprint density at radius 3 is 2.31 bits per heavy atom. The molecule has 0 aromatic carbocycles. The maximum Gasteiger partial charge on any atom is 0.188 e. The zero-order valence-electron chi connectivity index (χ0n) is 8.75. The van der Waals surface area contributed by atoms with Crippen molar-refractivity contribution in [3.8, 4) is 0 Å². The van der Waals surface area contributed by atoms with Crippen LogP contribution in [-0.2, 0) is 4.74 Å². The maximum atomic E-state index is 9.65. The van der Waals surface area contributed by atoms with Crippen LogP contribution in [0.4, 0.5) is 0 Å². The molecular formula is C10H22O3. The lowest BCUT2D eigenvalue weighted by Gasteiger charge is -2.25. The van der Waals surface area contributed by atoms with E-state index in [1.165, 1.54) is 12.8 Å². The second-order valence-corrected chi connectivity index (χ2v) is 3.35. The molecule has 0 fully saturated rings. The van der Waals surface area contributed by atoms with Crippen LogP contribution >= 0.6 is 0 Å². The zero-order valence-corrected chi connectivity index (χ0v) is 8.75. The van der Waals surface area contributed by atoms with Crippen LogP contribution in [0.15, 0.2) is 0 Å². The lowest BCUT2D eigenvalue weighted by molar-refractivity contribution is -0.225. The third-order valence-electron chi connectivity index (χ3n) is 2.08. The number of ether oxygens (including phenoxy) is 1. The van der Waals surface area contributed by atoms with E-state index < -0.39 is 5.79 Å². The summed E-state index contributed by atoms with van der Waals surface area (Å²) in [6.07, 6.45) is 4.87. The SMILES string of the molecule is CCCCCCC(O)(CO)OCC. The molecule has 13 heavy (non-hydrogen) atoms. The first kappa shape index (κ1) is 12.9. The molecule has 3 nitrogen and oxygen atoms in total. The molecule has 0 aliphatic carbocycles. The summed E-state index contributed by atoms with van der Waals surface area (Å²) in [6, 6.07) is 0. The van der Waals surface area contributed by atoms with Crippen LogP contribution in [0, 0.1) is 0 Å². The van der Waals surface area contributed by atoms with E-state index in [2.05, 4.69) is 6.92 Å². The van der Waals surface area contributed by atoms with Gasteiger partial charge in [0.1, 0.15) is 0 Å². The van der Waals surface area contributed by atoms with Gasteiger partial charge in [0, 0.05) is 13.0 Å². The first-order chi connectivity index (χ1) is 6.18. The molecule has 0 saturated carbocycles. The molecule has 0 bridgehead atoms. The van der Waals surface area contributed by atoms with E-state index in [9.17, 15) is 5.11 Å². The smallest absolute Gasteiger partial charge is 0.188 e. The summed E-state index contributed by atoms with van der Waals surface area (Å²) >= 11 is 0. The molecule has 1 unspecified atom stereocenters. The number of rotatable bonds is 8. The van der Waals surface area contributed by atoms with Crippen LogP contribution in [0.3, 0.4) is 0 Å². The van der Waals surface area contributed by atoms with Gasteiger partial charge >= 0.3 is 0 Å². The summed E-state index contributed by atoms with van der Waals surface area (Å²) in [5.41, 5.74) is 0. The molecule has 0 spiro atoms. The van der Waals surface area contributed by atoms with Crippen LogP contribution in [-0.4, -0.2) is 29.2 Å². The molecule has 0 saturated heterocycles. The zero-order chi connectivity index (χ0) is 10.2. The fourth-order valence-electron chi connectivity index (χ4n) is 1.29. The molecular weight excluding hydrogens is 168 g/mol. The van der Waals surface area contributed by atoms with Crippen LogP contribution in [0.25, 0.3) is 0 Å². The largest absolute Gasteiger partial charge is 0.391 e. The van der Waals surface area contributed by atoms with Crippen molar-refractivity contribution in [3.05, 3.63) is 0 Å². The van der Waals surface area contributed by atoms with Crippen LogP contribution in [0.2, 0.25) is 0 Å². The van der Waals surface area contributed by atoms with Gasteiger partial charge in [-0.05, 0) is 13.3 Å². The topological polar surface area (TPSA) is 49.7 Å². The Morgan fingerprint density at radius 1 is 1.15 bits per heavy atom. The second kappa shape index (κ2) is 7.30. The quantitative estimate of drug-likeness (QED) is 0.452. The van der Waals surface area contributed by atoms with E-state index in [0.29, 0.717) is 13.0 Å². The molecule has 0 heterocycles. The van der Waals surface area contributed by atoms with Crippen molar-refractivity contribution in [2.75, 3.05) is 13.2 Å². The number of unbranched alkanes of at least 4 members (excludes halogenated alkanes) is 3. The summed E-state index contributed by atoms with van der Waals surface area (Å²) in [5.74, 6) is -1.30.